The summed E-state index contributed by atoms with van der Waals surface area (Å²) in [6.07, 6.45) is 1.77. The van der Waals surface area contributed by atoms with Gasteiger partial charge in [0.05, 0.1) is 17.1 Å². The Kier molecular flexibility index (Phi) is 6.78. The summed E-state index contributed by atoms with van der Waals surface area (Å²) in [6, 6.07) is 14.9. The Labute approximate surface area is 192 Å². The number of hydrogen-bond donors (Lipinski definition) is 2. The molecular weight excluding hydrogens is 444 g/mol. The number of benzene rings is 2. The number of ether oxygens (including phenoxy) is 1. The van der Waals surface area contributed by atoms with Crippen molar-refractivity contribution in [1.82, 2.24) is 9.97 Å². The molecule has 2 N–H and O–H groups in total. The molecule has 0 unspecified atom stereocenters. The number of anilines is 2. The predicted molar refractivity (Wildman–Crippen MR) is 125 cm³/mol. The van der Waals surface area contributed by atoms with Crippen molar-refractivity contribution in [2.75, 3.05) is 16.9 Å². The highest BCUT2D eigenvalue weighted by Gasteiger charge is 2.18. The molecule has 0 bridgehead atoms. The van der Waals surface area contributed by atoms with Gasteiger partial charge in [-0.2, -0.15) is 0 Å². The lowest BCUT2D eigenvalue weighted by Gasteiger charge is -2.20. The SMILES string of the molecule is CC(C)(C)OC(=O)Nc1ccccc1NC(=O)c1ccc(-c2ccnc(S(C)(=O)=O)n2)cc1. The Bertz CT molecular complexity index is 1280. The zero-order valence-electron chi connectivity index (χ0n) is 18.6. The van der Waals surface area contributed by atoms with Crippen molar-refractivity contribution < 1.29 is 22.7 Å². The summed E-state index contributed by atoms with van der Waals surface area (Å²) < 4.78 is 28.6. The van der Waals surface area contributed by atoms with Crippen LogP contribution in [0.3, 0.4) is 0 Å². The maximum absolute atomic E-state index is 12.8. The molecule has 2 aromatic carbocycles. The van der Waals surface area contributed by atoms with Gasteiger partial charge in [0.25, 0.3) is 5.91 Å². The van der Waals surface area contributed by atoms with Crippen molar-refractivity contribution in [2.24, 2.45) is 0 Å². The van der Waals surface area contributed by atoms with Crippen LogP contribution in [0.1, 0.15) is 31.1 Å². The number of carbonyl (C=O) groups excluding carboxylic acids is 2. The van der Waals surface area contributed by atoms with Crippen LogP contribution in [0.4, 0.5) is 16.2 Å². The van der Waals surface area contributed by atoms with Gasteiger partial charge in [-0.15, -0.1) is 0 Å². The number of amides is 2. The van der Waals surface area contributed by atoms with Crippen molar-refractivity contribution in [1.29, 1.82) is 0 Å². The van der Waals surface area contributed by atoms with E-state index < -0.39 is 21.5 Å². The van der Waals surface area contributed by atoms with Gasteiger partial charge in [-0.1, -0.05) is 24.3 Å². The Balaban J connectivity index is 1.75. The number of aromatic nitrogens is 2. The van der Waals surface area contributed by atoms with Gasteiger partial charge in [-0.05, 0) is 51.1 Å². The van der Waals surface area contributed by atoms with Gasteiger partial charge in [0.2, 0.25) is 15.0 Å². The van der Waals surface area contributed by atoms with Gasteiger partial charge in [-0.25, -0.2) is 23.2 Å². The van der Waals surface area contributed by atoms with E-state index in [2.05, 4.69) is 20.6 Å². The highest BCUT2D eigenvalue weighted by molar-refractivity contribution is 7.90. The zero-order valence-corrected chi connectivity index (χ0v) is 19.4. The highest BCUT2D eigenvalue weighted by atomic mass is 32.2. The van der Waals surface area contributed by atoms with Crippen LogP contribution in [0.5, 0.6) is 0 Å². The Morgan fingerprint density at radius 2 is 1.52 bits per heavy atom. The molecule has 0 atom stereocenters. The monoisotopic (exact) mass is 468 g/mol. The van der Waals surface area contributed by atoms with Gasteiger partial charge in [0.15, 0.2) is 0 Å². The fraction of sp³-hybridized carbons (Fsp3) is 0.217. The Morgan fingerprint density at radius 3 is 2.09 bits per heavy atom. The first-order chi connectivity index (χ1) is 15.4. The normalized spacial score (nSPS) is 11.5. The van der Waals surface area contributed by atoms with E-state index in [0.717, 1.165) is 6.26 Å². The number of hydrogen-bond acceptors (Lipinski definition) is 7. The third-order valence-corrected chi connectivity index (χ3v) is 5.08. The van der Waals surface area contributed by atoms with Crippen molar-refractivity contribution in [2.45, 2.75) is 31.5 Å². The maximum atomic E-state index is 12.8. The maximum Gasteiger partial charge on any atom is 0.412 e. The van der Waals surface area contributed by atoms with Crippen molar-refractivity contribution in [3.05, 3.63) is 66.4 Å². The standard InChI is InChI=1S/C23H24N4O5S/c1-23(2,3)32-22(29)27-19-8-6-5-7-18(19)25-20(28)16-11-9-15(10-12-16)17-13-14-24-21(26-17)33(4,30)31/h5-14H,1-4H3,(H,25,28)(H,27,29). The number of nitrogens with zero attached hydrogens (tertiary/aromatic N) is 2. The molecule has 2 amide bonds. The summed E-state index contributed by atoms with van der Waals surface area (Å²) in [5, 5.41) is 5.13. The molecule has 33 heavy (non-hydrogen) atoms. The highest BCUT2D eigenvalue weighted by Crippen LogP contribution is 2.24. The molecule has 0 aliphatic rings. The van der Waals surface area contributed by atoms with Crippen molar-refractivity contribution in [3.63, 3.8) is 0 Å². The first kappa shape index (κ1) is 23.9. The molecule has 0 fully saturated rings. The van der Waals surface area contributed by atoms with Crippen LogP contribution >= 0.6 is 0 Å². The molecule has 0 aliphatic heterocycles. The summed E-state index contributed by atoms with van der Waals surface area (Å²) in [4.78, 5) is 32.7. The van der Waals surface area contributed by atoms with E-state index >= 15 is 0 Å². The fourth-order valence-corrected chi connectivity index (χ4v) is 3.30. The molecule has 3 rings (SSSR count). The number of carbonyl (C=O) groups is 2. The van der Waals surface area contributed by atoms with E-state index in [1.54, 1.807) is 75.4 Å². The Morgan fingerprint density at radius 1 is 0.909 bits per heavy atom. The smallest absolute Gasteiger partial charge is 0.412 e. The lowest BCUT2D eigenvalue weighted by Crippen LogP contribution is -2.27. The number of sulfone groups is 1. The summed E-state index contributed by atoms with van der Waals surface area (Å²) in [5.41, 5.74) is 1.56. The number of para-hydroxylation sites is 2. The van der Waals surface area contributed by atoms with E-state index in [0.29, 0.717) is 28.2 Å². The average Bonchev–Trinajstić information content (AvgIpc) is 2.73. The predicted octanol–water partition coefficient (Wildman–Crippen LogP) is 4.15. The van der Waals surface area contributed by atoms with Gasteiger partial charge >= 0.3 is 6.09 Å². The molecule has 1 heterocycles. The lowest BCUT2D eigenvalue weighted by molar-refractivity contribution is 0.0635. The number of nitrogens with one attached hydrogen (secondary N) is 2. The van der Waals surface area contributed by atoms with Crippen LogP contribution in [-0.4, -0.2) is 42.2 Å². The third-order valence-electron chi connectivity index (χ3n) is 4.22. The minimum absolute atomic E-state index is 0.268. The fourth-order valence-electron chi connectivity index (χ4n) is 2.78. The topological polar surface area (TPSA) is 127 Å². The molecular formula is C23H24N4O5S. The number of rotatable bonds is 5. The largest absolute Gasteiger partial charge is 0.444 e. The van der Waals surface area contributed by atoms with Gasteiger partial charge in [0.1, 0.15) is 5.60 Å². The minimum Gasteiger partial charge on any atom is -0.444 e. The molecule has 9 nitrogen and oxygen atoms in total. The molecule has 0 aliphatic carbocycles. The van der Waals surface area contributed by atoms with E-state index in [9.17, 15) is 18.0 Å². The van der Waals surface area contributed by atoms with Crippen LogP contribution < -0.4 is 10.6 Å². The van der Waals surface area contributed by atoms with Gasteiger partial charge in [0, 0.05) is 23.6 Å². The molecule has 1 aromatic heterocycles. The minimum atomic E-state index is -3.54. The lowest BCUT2D eigenvalue weighted by atomic mass is 10.1. The summed E-state index contributed by atoms with van der Waals surface area (Å²) in [7, 11) is -3.54. The van der Waals surface area contributed by atoms with Crippen LogP contribution in [0.25, 0.3) is 11.3 Å². The van der Waals surface area contributed by atoms with Crippen molar-refractivity contribution >= 4 is 33.2 Å². The van der Waals surface area contributed by atoms with E-state index in [4.69, 9.17) is 4.74 Å². The average molecular weight is 469 g/mol. The first-order valence-corrected chi connectivity index (χ1v) is 11.9. The molecule has 3 aromatic rings. The van der Waals surface area contributed by atoms with E-state index in [-0.39, 0.29) is 11.1 Å². The summed E-state index contributed by atoms with van der Waals surface area (Å²) in [6.45, 7) is 5.27. The van der Waals surface area contributed by atoms with Crippen LogP contribution in [0.2, 0.25) is 0 Å². The first-order valence-electron chi connectivity index (χ1n) is 9.96. The zero-order chi connectivity index (χ0) is 24.2. The van der Waals surface area contributed by atoms with Gasteiger partial charge < -0.3 is 10.1 Å². The molecule has 172 valence electrons. The molecule has 0 radical (unpaired) electrons. The van der Waals surface area contributed by atoms with E-state index in [1.165, 1.54) is 6.20 Å². The second-order valence-corrected chi connectivity index (χ2v) is 10.1. The second-order valence-electron chi connectivity index (χ2n) is 8.20. The molecule has 0 saturated carbocycles. The second kappa shape index (κ2) is 9.37. The van der Waals surface area contributed by atoms with Gasteiger partial charge in [-0.3, -0.25) is 10.1 Å². The van der Waals surface area contributed by atoms with Crippen LogP contribution in [-0.2, 0) is 14.6 Å². The quantitative estimate of drug-likeness (QED) is 0.539. The third kappa shape index (κ3) is 6.59. The molecule has 0 spiro atoms. The summed E-state index contributed by atoms with van der Waals surface area (Å²) in [5.74, 6) is -0.389. The Hall–Kier alpha value is -3.79. The van der Waals surface area contributed by atoms with Crippen LogP contribution in [0.15, 0.2) is 66.0 Å². The van der Waals surface area contributed by atoms with Crippen LogP contribution in [0, 0.1) is 0 Å². The molecule has 0 saturated heterocycles. The van der Waals surface area contributed by atoms with E-state index in [1.807, 2.05) is 0 Å². The summed E-state index contributed by atoms with van der Waals surface area (Å²) >= 11 is 0. The van der Waals surface area contributed by atoms with Crippen molar-refractivity contribution in [3.8, 4) is 11.3 Å². The molecule has 10 heteroatoms.